The zero-order valence-corrected chi connectivity index (χ0v) is 8.07. The molecule has 0 radical (unpaired) electrons. The lowest BCUT2D eigenvalue weighted by Gasteiger charge is -2.02. The lowest BCUT2D eigenvalue weighted by Crippen LogP contribution is -2.29. The standard InChI is InChI=1S/C9H10N4O2/c1-15-9(14)13-12-8-10-6-4-2-3-5-7(6)11-8/h2-5H,1H3,(H,13,14)(H2,10,11,12). The highest BCUT2D eigenvalue weighted by Gasteiger charge is 2.02. The van der Waals surface area contributed by atoms with Crippen molar-refractivity contribution in [2.24, 2.45) is 0 Å². The van der Waals surface area contributed by atoms with Crippen LogP contribution in [0.4, 0.5) is 10.7 Å². The number of nitrogens with zero attached hydrogens (tertiary/aromatic N) is 1. The summed E-state index contributed by atoms with van der Waals surface area (Å²) < 4.78 is 4.39. The van der Waals surface area contributed by atoms with Crippen LogP contribution in [0.3, 0.4) is 0 Å². The average molecular weight is 206 g/mol. The largest absolute Gasteiger partial charge is 0.452 e. The van der Waals surface area contributed by atoms with Gasteiger partial charge >= 0.3 is 6.09 Å². The second-order valence-corrected chi connectivity index (χ2v) is 2.84. The number of nitrogens with one attached hydrogen (secondary N) is 3. The second-order valence-electron chi connectivity index (χ2n) is 2.84. The summed E-state index contributed by atoms with van der Waals surface area (Å²) >= 11 is 0. The van der Waals surface area contributed by atoms with E-state index < -0.39 is 6.09 Å². The number of anilines is 1. The van der Waals surface area contributed by atoms with Crippen molar-refractivity contribution in [1.29, 1.82) is 0 Å². The Bertz CT molecular complexity index is 447. The SMILES string of the molecule is COC(=O)NNc1nc2ccccc2[nH]1. The Labute approximate surface area is 85.6 Å². The predicted molar refractivity (Wildman–Crippen MR) is 55.3 cm³/mol. The Kier molecular flexibility index (Phi) is 2.40. The minimum absolute atomic E-state index is 0.460. The van der Waals surface area contributed by atoms with Gasteiger partial charge in [-0.1, -0.05) is 12.1 Å². The van der Waals surface area contributed by atoms with Gasteiger partial charge in [0.25, 0.3) is 0 Å². The van der Waals surface area contributed by atoms with Gasteiger partial charge in [0.05, 0.1) is 18.1 Å². The van der Waals surface area contributed by atoms with Crippen molar-refractivity contribution in [2.75, 3.05) is 12.5 Å². The van der Waals surface area contributed by atoms with Gasteiger partial charge in [-0.25, -0.2) is 15.2 Å². The van der Waals surface area contributed by atoms with Crippen molar-refractivity contribution < 1.29 is 9.53 Å². The van der Waals surface area contributed by atoms with Crippen LogP contribution in [0.25, 0.3) is 11.0 Å². The molecular weight excluding hydrogens is 196 g/mol. The first-order chi connectivity index (χ1) is 7.29. The van der Waals surface area contributed by atoms with Crippen molar-refractivity contribution in [1.82, 2.24) is 15.4 Å². The maximum absolute atomic E-state index is 10.8. The number of aromatic nitrogens is 2. The first kappa shape index (κ1) is 9.32. The fourth-order valence-electron chi connectivity index (χ4n) is 1.17. The van der Waals surface area contributed by atoms with Crippen molar-refractivity contribution in [3.05, 3.63) is 24.3 Å². The summed E-state index contributed by atoms with van der Waals surface area (Å²) in [5.41, 5.74) is 6.62. The number of rotatable bonds is 2. The van der Waals surface area contributed by atoms with Crippen molar-refractivity contribution in [3.63, 3.8) is 0 Å². The first-order valence-corrected chi connectivity index (χ1v) is 4.34. The molecule has 15 heavy (non-hydrogen) atoms. The van der Waals surface area contributed by atoms with Gasteiger partial charge in [0.15, 0.2) is 0 Å². The number of methoxy groups -OCH3 is 1. The molecule has 1 aromatic carbocycles. The molecule has 6 heteroatoms. The maximum atomic E-state index is 10.8. The number of aromatic amines is 1. The lowest BCUT2D eigenvalue weighted by atomic mass is 10.3. The van der Waals surface area contributed by atoms with Crippen LogP contribution in [0.15, 0.2) is 24.3 Å². The van der Waals surface area contributed by atoms with Crippen LogP contribution in [0.5, 0.6) is 0 Å². The molecule has 0 atom stereocenters. The van der Waals surface area contributed by atoms with E-state index in [9.17, 15) is 4.79 Å². The van der Waals surface area contributed by atoms with Crippen LogP contribution < -0.4 is 10.9 Å². The van der Waals surface area contributed by atoms with Gasteiger partial charge in [-0.2, -0.15) is 0 Å². The summed E-state index contributed by atoms with van der Waals surface area (Å²) in [6.07, 6.45) is -0.574. The van der Waals surface area contributed by atoms with Crippen molar-refractivity contribution >= 4 is 23.1 Å². The molecule has 2 aromatic rings. The number of benzene rings is 1. The highest BCUT2D eigenvalue weighted by atomic mass is 16.5. The third-order valence-electron chi connectivity index (χ3n) is 1.86. The number of carbonyl (C=O) groups excluding carboxylic acids is 1. The third kappa shape index (κ3) is 1.98. The molecule has 0 aliphatic rings. The fraction of sp³-hybridized carbons (Fsp3) is 0.111. The Morgan fingerprint density at radius 2 is 2.27 bits per heavy atom. The number of hydrazine groups is 1. The molecule has 0 bridgehead atoms. The molecule has 0 spiro atoms. The van der Waals surface area contributed by atoms with Gasteiger partial charge < -0.3 is 9.72 Å². The quantitative estimate of drug-likeness (QED) is 0.646. The molecule has 2 rings (SSSR count). The molecule has 0 fully saturated rings. The monoisotopic (exact) mass is 206 g/mol. The highest BCUT2D eigenvalue weighted by molar-refractivity contribution is 5.77. The van der Waals surface area contributed by atoms with Crippen molar-refractivity contribution in [3.8, 4) is 0 Å². The summed E-state index contributed by atoms with van der Waals surface area (Å²) in [7, 11) is 1.29. The number of fused-ring (bicyclic) bond motifs is 1. The van der Waals surface area contributed by atoms with Gasteiger partial charge in [0.2, 0.25) is 5.95 Å². The Morgan fingerprint density at radius 3 is 3.00 bits per heavy atom. The second kappa shape index (κ2) is 3.87. The normalized spacial score (nSPS) is 9.93. The molecule has 0 unspecified atom stereocenters. The van der Waals surface area contributed by atoms with Gasteiger partial charge in [-0.3, -0.25) is 5.43 Å². The van der Waals surface area contributed by atoms with Gasteiger partial charge in [0.1, 0.15) is 0 Å². The lowest BCUT2D eigenvalue weighted by molar-refractivity contribution is 0.173. The molecule has 0 saturated carbocycles. The molecule has 1 aromatic heterocycles. The molecule has 1 amide bonds. The van der Waals surface area contributed by atoms with Crippen molar-refractivity contribution in [2.45, 2.75) is 0 Å². The number of ether oxygens (including phenoxy) is 1. The Hall–Kier alpha value is -2.24. The van der Waals surface area contributed by atoms with Crippen LogP contribution in [-0.2, 0) is 4.74 Å². The number of hydrogen-bond donors (Lipinski definition) is 3. The molecule has 0 saturated heterocycles. The van der Waals surface area contributed by atoms with Crippen LogP contribution in [-0.4, -0.2) is 23.2 Å². The molecule has 6 nitrogen and oxygen atoms in total. The molecule has 1 heterocycles. The van der Waals surface area contributed by atoms with E-state index >= 15 is 0 Å². The average Bonchev–Trinajstić information content (AvgIpc) is 2.68. The summed E-state index contributed by atoms with van der Waals surface area (Å²) in [6, 6.07) is 7.56. The number of carbonyl (C=O) groups is 1. The topological polar surface area (TPSA) is 79.0 Å². The van der Waals surface area contributed by atoms with Crippen LogP contribution in [0, 0.1) is 0 Å². The summed E-state index contributed by atoms with van der Waals surface area (Å²) in [6.45, 7) is 0. The number of amides is 1. The molecule has 0 aliphatic heterocycles. The Balaban J connectivity index is 2.12. The van der Waals surface area contributed by atoms with E-state index in [1.165, 1.54) is 7.11 Å². The van der Waals surface area contributed by atoms with Gasteiger partial charge in [0, 0.05) is 0 Å². The van der Waals surface area contributed by atoms with E-state index in [0.29, 0.717) is 5.95 Å². The number of H-pyrrole nitrogens is 1. The van der Waals surface area contributed by atoms with E-state index in [0.717, 1.165) is 11.0 Å². The zero-order valence-electron chi connectivity index (χ0n) is 8.07. The zero-order chi connectivity index (χ0) is 10.7. The fourth-order valence-corrected chi connectivity index (χ4v) is 1.17. The van der Waals surface area contributed by atoms with Crippen LogP contribution in [0.1, 0.15) is 0 Å². The predicted octanol–water partition coefficient (Wildman–Crippen LogP) is 1.25. The summed E-state index contributed by atoms with van der Waals surface area (Å²) in [5.74, 6) is 0.460. The summed E-state index contributed by atoms with van der Waals surface area (Å²) in [4.78, 5) is 17.9. The van der Waals surface area contributed by atoms with E-state index in [2.05, 4.69) is 25.6 Å². The number of para-hydroxylation sites is 2. The van der Waals surface area contributed by atoms with E-state index in [1.807, 2.05) is 24.3 Å². The molecule has 78 valence electrons. The van der Waals surface area contributed by atoms with E-state index in [1.54, 1.807) is 0 Å². The molecule has 3 N–H and O–H groups in total. The Morgan fingerprint density at radius 1 is 1.47 bits per heavy atom. The van der Waals surface area contributed by atoms with Gasteiger partial charge in [-0.05, 0) is 12.1 Å². The van der Waals surface area contributed by atoms with E-state index in [4.69, 9.17) is 0 Å². The van der Waals surface area contributed by atoms with Crippen LogP contribution >= 0.6 is 0 Å². The number of hydrogen-bond acceptors (Lipinski definition) is 4. The first-order valence-electron chi connectivity index (χ1n) is 4.34. The molecular formula is C9H10N4O2. The highest BCUT2D eigenvalue weighted by Crippen LogP contribution is 2.12. The minimum atomic E-state index is -0.574. The minimum Gasteiger partial charge on any atom is -0.452 e. The maximum Gasteiger partial charge on any atom is 0.425 e. The van der Waals surface area contributed by atoms with Gasteiger partial charge in [-0.15, -0.1) is 0 Å². The van der Waals surface area contributed by atoms with E-state index in [-0.39, 0.29) is 0 Å². The van der Waals surface area contributed by atoms with Crippen LogP contribution in [0.2, 0.25) is 0 Å². The summed E-state index contributed by atoms with van der Waals surface area (Å²) in [5, 5.41) is 0. The third-order valence-corrected chi connectivity index (χ3v) is 1.86. The number of imidazole rings is 1. The molecule has 0 aliphatic carbocycles. The smallest absolute Gasteiger partial charge is 0.425 e.